The topological polar surface area (TPSA) is 75.9 Å². The average molecular weight is 417 g/mol. The number of methoxy groups -OCH3 is 1. The van der Waals surface area contributed by atoms with Crippen LogP contribution in [0.15, 0.2) is 47.7 Å². The third-order valence-electron chi connectivity index (χ3n) is 4.50. The third kappa shape index (κ3) is 9.76. The van der Waals surface area contributed by atoms with Crippen LogP contribution in [-0.4, -0.2) is 74.2 Å². The molecular weight excluding hydrogens is 380 g/mol. The van der Waals surface area contributed by atoms with Crippen molar-refractivity contribution in [3.05, 3.63) is 48.3 Å². The van der Waals surface area contributed by atoms with Crippen LogP contribution in [0.2, 0.25) is 0 Å². The molecule has 2 N–H and O–H groups in total. The highest BCUT2D eigenvalue weighted by atomic mass is 16.5. The van der Waals surface area contributed by atoms with Crippen molar-refractivity contribution < 1.29 is 9.47 Å². The first-order valence-corrected chi connectivity index (χ1v) is 10.6. The van der Waals surface area contributed by atoms with Gasteiger partial charge in [0.25, 0.3) is 0 Å². The zero-order valence-corrected chi connectivity index (χ0v) is 18.5. The van der Waals surface area contributed by atoms with E-state index in [9.17, 15) is 0 Å². The van der Waals surface area contributed by atoms with E-state index in [1.54, 1.807) is 13.3 Å². The molecular formula is C22H36N6O2. The molecule has 1 heterocycles. The van der Waals surface area contributed by atoms with Crippen LogP contribution in [0.25, 0.3) is 0 Å². The van der Waals surface area contributed by atoms with Gasteiger partial charge < -0.3 is 25.0 Å². The highest BCUT2D eigenvalue weighted by molar-refractivity contribution is 5.79. The first-order valence-electron chi connectivity index (χ1n) is 10.6. The van der Waals surface area contributed by atoms with Gasteiger partial charge in [-0.05, 0) is 44.2 Å². The van der Waals surface area contributed by atoms with Gasteiger partial charge in [0.1, 0.15) is 12.4 Å². The number of benzene rings is 1. The summed E-state index contributed by atoms with van der Waals surface area (Å²) in [6.45, 7) is 8.35. The Morgan fingerprint density at radius 2 is 2.07 bits per heavy atom. The molecule has 2 aromatic rings. The molecule has 8 heteroatoms. The number of aliphatic imine (C=N–C) groups is 1. The number of guanidine groups is 1. The third-order valence-corrected chi connectivity index (χ3v) is 4.50. The first-order chi connectivity index (χ1) is 14.7. The number of ether oxygens (including phenoxy) is 2. The van der Waals surface area contributed by atoms with Gasteiger partial charge >= 0.3 is 0 Å². The number of aromatic nitrogens is 2. The molecule has 0 saturated heterocycles. The van der Waals surface area contributed by atoms with Crippen LogP contribution in [0.1, 0.15) is 18.9 Å². The van der Waals surface area contributed by atoms with Crippen molar-refractivity contribution in [3.63, 3.8) is 0 Å². The first kappa shape index (κ1) is 23.7. The van der Waals surface area contributed by atoms with E-state index < -0.39 is 0 Å². The predicted octanol–water partition coefficient (Wildman–Crippen LogP) is 1.99. The summed E-state index contributed by atoms with van der Waals surface area (Å²) >= 11 is 0. The monoisotopic (exact) mass is 416 g/mol. The number of rotatable bonds is 14. The molecule has 1 aromatic carbocycles. The predicted molar refractivity (Wildman–Crippen MR) is 121 cm³/mol. The second-order valence-electron chi connectivity index (χ2n) is 7.04. The van der Waals surface area contributed by atoms with Crippen LogP contribution in [0.5, 0.6) is 5.75 Å². The maximum Gasteiger partial charge on any atom is 0.191 e. The summed E-state index contributed by atoms with van der Waals surface area (Å²) in [5, 5.41) is 10.9. The summed E-state index contributed by atoms with van der Waals surface area (Å²) in [5.41, 5.74) is 1.12. The molecule has 0 spiro atoms. The van der Waals surface area contributed by atoms with Gasteiger partial charge in [0.05, 0.1) is 13.2 Å². The summed E-state index contributed by atoms with van der Waals surface area (Å²) < 4.78 is 12.9. The van der Waals surface area contributed by atoms with E-state index in [1.165, 1.54) is 0 Å². The fraction of sp³-hybridized carbons (Fsp3) is 0.545. The van der Waals surface area contributed by atoms with Crippen LogP contribution in [-0.2, 0) is 17.8 Å². The van der Waals surface area contributed by atoms with Crippen LogP contribution in [0.4, 0.5) is 0 Å². The number of likely N-dealkylation sites (N-methyl/N-ethyl adjacent to an activating group) is 1. The maximum atomic E-state index is 5.90. The Morgan fingerprint density at radius 1 is 1.20 bits per heavy atom. The Kier molecular flexibility index (Phi) is 11.4. The summed E-state index contributed by atoms with van der Waals surface area (Å²) in [4.78, 5) is 6.89. The fourth-order valence-corrected chi connectivity index (χ4v) is 2.80. The van der Waals surface area contributed by atoms with Crippen molar-refractivity contribution in [3.8, 4) is 5.75 Å². The van der Waals surface area contributed by atoms with E-state index in [4.69, 9.17) is 14.5 Å². The zero-order valence-electron chi connectivity index (χ0n) is 18.5. The maximum absolute atomic E-state index is 5.90. The highest BCUT2D eigenvalue weighted by Gasteiger charge is 2.02. The van der Waals surface area contributed by atoms with E-state index in [-0.39, 0.29) is 0 Å². The summed E-state index contributed by atoms with van der Waals surface area (Å²) in [7, 11) is 3.79. The lowest BCUT2D eigenvalue weighted by Gasteiger charge is -2.16. The van der Waals surface area contributed by atoms with Gasteiger partial charge in [-0.2, -0.15) is 5.10 Å². The lowest BCUT2D eigenvalue weighted by molar-refractivity contribution is 0.150. The Balaban J connectivity index is 1.76. The molecule has 0 unspecified atom stereocenters. The Hall–Kier alpha value is -2.58. The van der Waals surface area contributed by atoms with Gasteiger partial charge in [-0.1, -0.05) is 12.1 Å². The number of aryl methyl sites for hydroxylation is 1. The summed E-state index contributed by atoms with van der Waals surface area (Å²) in [6, 6.07) is 10.1. The quantitative estimate of drug-likeness (QED) is 0.279. The minimum Gasteiger partial charge on any atom is -0.492 e. The Morgan fingerprint density at radius 3 is 2.83 bits per heavy atom. The van der Waals surface area contributed by atoms with Gasteiger partial charge in [0, 0.05) is 52.2 Å². The second-order valence-corrected chi connectivity index (χ2v) is 7.04. The van der Waals surface area contributed by atoms with Crippen molar-refractivity contribution in [2.75, 3.05) is 53.6 Å². The van der Waals surface area contributed by atoms with Crippen molar-refractivity contribution in [1.82, 2.24) is 25.3 Å². The number of hydrogen-bond donors (Lipinski definition) is 2. The van der Waals surface area contributed by atoms with Gasteiger partial charge in [0.15, 0.2) is 5.96 Å². The molecule has 8 nitrogen and oxygen atoms in total. The van der Waals surface area contributed by atoms with Gasteiger partial charge in [-0.3, -0.25) is 4.68 Å². The van der Waals surface area contributed by atoms with E-state index in [0.717, 1.165) is 63.0 Å². The minimum absolute atomic E-state index is 0.597. The van der Waals surface area contributed by atoms with Crippen molar-refractivity contribution in [1.29, 1.82) is 0 Å². The SMILES string of the molecule is CCNC(=NCc1cccc(OCCN(C)CCOC)c1)NCCCn1cccn1. The van der Waals surface area contributed by atoms with Crippen LogP contribution in [0.3, 0.4) is 0 Å². The Labute approximate surface area is 180 Å². The molecule has 0 amide bonds. The number of nitrogens with zero attached hydrogens (tertiary/aromatic N) is 4. The van der Waals surface area contributed by atoms with Gasteiger partial charge in [-0.25, -0.2) is 4.99 Å². The second kappa shape index (κ2) is 14.4. The van der Waals surface area contributed by atoms with Crippen LogP contribution < -0.4 is 15.4 Å². The molecule has 0 saturated carbocycles. The minimum atomic E-state index is 0.597. The molecule has 30 heavy (non-hydrogen) atoms. The molecule has 166 valence electrons. The Bertz CT molecular complexity index is 720. The normalized spacial score (nSPS) is 11.7. The van der Waals surface area contributed by atoms with E-state index in [0.29, 0.717) is 13.2 Å². The smallest absolute Gasteiger partial charge is 0.191 e. The van der Waals surface area contributed by atoms with E-state index in [2.05, 4.69) is 46.7 Å². The number of hydrogen-bond acceptors (Lipinski definition) is 5. The standard InChI is InChI=1S/C22H36N6O2/c1-4-23-22(24-10-6-12-28-13-7-11-26-28)25-19-20-8-5-9-21(18-20)30-17-15-27(2)14-16-29-3/h5,7-9,11,13,18H,4,6,10,12,14-17,19H2,1-3H3,(H2,23,24,25). The largest absolute Gasteiger partial charge is 0.492 e. The molecule has 0 bridgehead atoms. The summed E-state index contributed by atoms with van der Waals surface area (Å²) in [6.07, 6.45) is 4.76. The molecule has 0 atom stereocenters. The van der Waals surface area contributed by atoms with Crippen molar-refractivity contribution in [2.24, 2.45) is 4.99 Å². The summed E-state index contributed by atoms with van der Waals surface area (Å²) in [5.74, 6) is 1.70. The lowest BCUT2D eigenvalue weighted by Crippen LogP contribution is -2.38. The molecule has 0 aliphatic rings. The average Bonchev–Trinajstić information content (AvgIpc) is 3.27. The zero-order chi connectivity index (χ0) is 21.4. The van der Waals surface area contributed by atoms with Gasteiger partial charge in [-0.15, -0.1) is 0 Å². The molecule has 0 aliphatic carbocycles. The molecule has 2 rings (SSSR count). The van der Waals surface area contributed by atoms with E-state index >= 15 is 0 Å². The molecule has 0 fully saturated rings. The molecule has 0 radical (unpaired) electrons. The van der Waals surface area contributed by atoms with Gasteiger partial charge in [0.2, 0.25) is 0 Å². The number of nitrogens with one attached hydrogen (secondary N) is 2. The fourth-order valence-electron chi connectivity index (χ4n) is 2.80. The highest BCUT2D eigenvalue weighted by Crippen LogP contribution is 2.14. The molecule has 0 aliphatic heterocycles. The van der Waals surface area contributed by atoms with Crippen molar-refractivity contribution in [2.45, 2.75) is 26.4 Å². The van der Waals surface area contributed by atoms with Crippen molar-refractivity contribution >= 4 is 5.96 Å². The van der Waals surface area contributed by atoms with E-state index in [1.807, 2.05) is 29.1 Å². The lowest BCUT2D eigenvalue weighted by atomic mass is 10.2. The van der Waals surface area contributed by atoms with Crippen LogP contribution in [0, 0.1) is 0 Å². The molecule has 1 aromatic heterocycles. The van der Waals surface area contributed by atoms with Crippen LogP contribution >= 0.6 is 0 Å².